The zero-order chi connectivity index (χ0) is 14.7. The SMILES string of the molecule is CCCNC(c1cc(Cl)sc1Cl)c1cccc(C)c1C. The van der Waals surface area contributed by atoms with E-state index >= 15 is 0 Å². The topological polar surface area (TPSA) is 12.0 Å². The number of hydrogen-bond donors (Lipinski definition) is 1. The maximum atomic E-state index is 6.35. The van der Waals surface area contributed by atoms with Crippen LogP contribution in [0.15, 0.2) is 24.3 Å². The van der Waals surface area contributed by atoms with Crippen LogP contribution in [0, 0.1) is 13.8 Å². The van der Waals surface area contributed by atoms with Crippen LogP contribution in [0.25, 0.3) is 0 Å². The Bertz CT molecular complexity index is 592. The van der Waals surface area contributed by atoms with Gasteiger partial charge in [0.1, 0.15) is 0 Å². The molecular formula is C16H19Cl2NS. The molecule has 0 radical (unpaired) electrons. The molecule has 2 rings (SSSR count). The predicted molar refractivity (Wildman–Crippen MR) is 90.4 cm³/mol. The normalized spacial score (nSPS) is 12.7. The average Bonchev–Trinajstić information content (AvgIpc) is 2.74. The number of benzene rings is 1. The fraction of sp³-hybridized carbons (Fsp3) is 0.375. The van der Waals surface area contributed by atoms with Gasteiger partial charge in [-0.05, 0) is 49.6 Å². The van der Waals surface area contributed by atoms with Crippen molar-refractivity contribution < 1.29 is 0 Å². The van der Waals surface area contributed by atoms with Crippen molar-refractivity contribution in [2.24, 2.45) is 0 Å². The summed E-state index contributed by atoms with van der Waals surface area (Å²) in [4.78, 5) is 0. The van der Waals surface area contributed by atoms with Crippen LogP contribution in [-0.4, -0.2) is 6.54 Å². The molecular weight excluding hydrogens is 309 g/mol. The fourth-order valence-electron chi connectivity index (χ4n) is 2.31. The Morgan fingerprint density at radius 2 is 1.95 bits per heavy atom. The summed E-state index contributed by atoms with van der Waals surface area (Å²) in [5, 5.41) is 3.59. The number of rotatable bonds is 5. The van der Waals surface area contributed by atoms with E-state index in [1.807, 2.05) is 6.07 Å². The molecule has 1 aromatic carbocycles. The van der Waals surface area contributed by atoms with Crippen molar-refractivity contribution in [1.82, 2.24) is 5.32 Å². The van der Waals surface area contributed by atoms with Crippen LogP contribution in [0.5, 0.6) is 0 Å². The fourth-order valence-corrected chi connectivity index (χ4v) is 3.84. The molecule has 1 aromatic heterocycles. The molecule has 108 valence electrons. The molecule has 0 aliphatic heterocycles. The Kier molecular flexibility index (Phi) is 5.50. The van der Waals surface area contributed by atoms with Gasteiger partial charge < -0.3 is 5.32 Å². The van der Waals surface area contributed by atoms with E-state index in [9.17, 15) is 0 Å². The van der Waals surface area contributed by atoms with Gasteiger partial charge in [-0.2, -0.15) is 0 Å². The first-order chi connectivity index (χ1) is 9.54. The van der Waals surface area contributed by atoms with Crippen molar-refractivity contribution >= 4 is 34.5 Å². The van der Waals surface area contributed by atoms with Crippen molar-refractivity contribution in [3.63, 3.8) is 0 Å². The van der Waals surface area contributed by atoms with E-state index in [4.69, 9.17) is 23.2 Å². The number of nitrogens with one attached hydrogen (secondary N) is 1. The second-order valence-corrected chi connectivity index (χ2v) is 7.24. The second kappa shape index (κ2) is 6.95. The summed E-state index contributed by atoms with van der Waals surface area (Å²) in [6, 6.07) is 8.48. The molecule has 0 aliphatic carbocycles. The molecule has 0 bridgehead atoms. The molecule has 1 heterocycles. The smallest absolute Gasteiger partial charge is 0.0995 e. The molecule has 20 heavy (non-hydrogen) atoms. The van der Waals surface area contributed by atoms with E-state index in [1.165, 1.54) is 28.0 Å². The molecule has 0 fully saturated rings. The van der Waals surface area contributed by atoms with Crippen molar-refractivity contribution in [2.45, 2.75) is 33.2 Å². The highest BCUT2D eigenvalue weighted by molar-refractivity contribution is 7.20. The monoisotopic (exact) mass is 327 g/mol. The van der Waals surface area contributed by atoms with E-state index in [2.05, 4.69) is 44.3 Å². The van der Waals surface area contributed by atoms with Gasteiger partial charge in [-0.3, -0.25) is 0 Å². The van der Waals surface area contributed by atoms with Gasteiger partial charge in [0.15, 0.2) is 0 Å². The minimum Gasteiger partial charge on any atom is -0.306 e. The summed E-state index contributed by atoms with van der Waals surface area (Å²) in [6.07, 6.45) is 1.08. The van der Waals surface area contributed by atoms with E-state index in [0.29, 0.717) is 0 Å². The largest absolute Gasteiger partial charge is 0.306 e. The zero-order valence-electron chi connectivity index (χ0n) is 12.0. The molecule has 0 spiro atoms. The van der Waals surface area contributed by atoms with Crippen LogP contribution in [0.1, 0.15) is 41.6 Å². The molecule has 1 nitrogen and oxygen atoms in total. The Morgan fingerprint density at radius 3 is 2.55 bits per heavy atom. The Hall–Kier alpha value is -0.540. The van der Waals surface area contributed by atoms with Crippen LogP contribution in [0.2, 0.25) is 8.67 Å². The molecule has 0 aliphatic rings. The molecule has 0 amide bonds. The van der Waals surface area contributed by atoms with Crippen LogP contribution < -0.4 is 5.32 Å². The van der Waals surface area contributed by atoms with Crippen molar-refractivity contribution in [2.75, 3.05) is 6.54 Å². The van der Waals surface area contributed by atoms with E-state index in [0.717, 1.165) is 27.2 Å². The minimum atomic E-state index is 0.103. The lowest BCUT2D eigenvalue weighted by Crippen LogP contribution is -2.24. The lowest BCUT2D eigenvalue weighted by molar-refractivity contribution is 0.597. The van der Waals surface area contributed by atoms with E-state index < -0.39 is 0 Å². The number of halogens is 2. The van der Waals surface area contributed by atoms with Crippen LogP contribution in [0.4, 0.5) is 0 Å². The lowest BCUT2D eigenvalue weighted by atomic mass is 9.94. The third-order valence-electron chi connectivity index (χ3n) is 3.55. The third-order valence-corrected chi connectivity index (χ3v) is 5.07. The van der Waals surface area contributed by atoms with Crippen LogP contribution >= 0.6 is 34.5 Å². The summed E-state index contributed by atoms with van der Waals surface area (Å²) >= 11 is 13.9. The van der Waals surface area contributed by atoms with Gasteiger partial charge in [-0.25, -0.2) is 0 Å². The molecule has 1 atom stereocenters. The van der Waals surface area contributed by atoms with Gasteiger partial charge in [0.25, 0.3) is 0 Å². The maximum Gasteiger partial charge on any atom is 0.0995 e. The summed E-state index contributed by atoms with van der Waals surface area (Å²) in [5.41, 5.74) is 4.95. The van der Waals surface area contributed by atoms with Crippen LogP contribution in [-0.2, 0) is 0 Å². The van der Waals surface area contributed by atoms with Crippen molar-refractivity contribution in [3.05, 3.63) is 55.2 Å². The highest BCUT2D eigenvalue weighted by Crippen LogP contribution is 2.38. The van der Waals surface area contributed by atoms with E-state index in [1.54, 1.807) is 0 Å². The standard InChI is InChI=1S/C16H19Cl2NS/c1-4-8-19-15(13-9-14(17)20-16(13)18)12-7-5-6-10(2)11(12)3/h5-7,9,15,19H,4,8H2,1-3H3. The Labute approximate surface area is 134 Å². The molecule has 1 N–H and O–H groups in total. The highest BCUT2D eigenvalue weighted by Gasteiger charge is 2.20. The number of hydrogen-bond acceptors (Lipinski definition) is 2. The minimum absolute atomic E-state index is 0.103. The predicted octanol–water partition coefficient (Wildman–Crippen LogP) is 5.76. The summed E-state index contributed by atoms with van der Waals surface area (Å²) in [5.74, 6) is 0. The van der Waals surface area contributed by atoms with Gasteiger partial charge in [-0.1, -0.05) is 48.3 Å². The summed E-state index contributed by atoms with van der Waals surface area (Å²) in [6.45, 7) is 7.41. The third kappa shape index (κ3) is 3.37. The lowest BCUT2D eigenvalue weighted by Gasteiger charge is -2.21. The first kappa shape index (κ1) is 15.8. The first-order valence-corrected chi connectivity index (χ1v) is 8.36. The number of thiophene rings is 1. The van der Waals surface area contributed by atoms with E-state index in [-0.39, 0.29) is 6.04 Å². The summed E-state index contributed by atoms with van der Waals surface area (Å²) < 4.78 is 1.50. The summed E-state index contributed by atoms with van der Waals surface area (Å²) in [7, 11) is 0. The van der Waals surface area contributed by atoms with Gasteiger partial charge in [0.2, 0.25) is 0 Å². The average molecular weight is 328 g/mol. The molecule has 0 saturated carbocycles. The van der Waals surface area contributed by atoms with Gasteiger partial charge in [0, 0.05) is 5.56 Å². The Morgan fingerprint density at radius 1 is 1.20 bits per heavy atom. The van der Waals surface area contributed by atoms with Crippen molar-refractivity contribution in [1.29, 1.82) is 0 Å². The molecule has 2 aromatic rings. The highest BCUT2D eigenvalue weighted by atomic mass is 35.5. The van der Waals surface area contributed by atoms with Gasteiger partial charge in [0.05, 0.1) is 14.7 Å². The quantitative estimate of drug-likeness (QED) is 0.736. The van der Waals surface area contributed by atoms with Crippen molar-refractivity contribution in [3.8, 4) is 0 Å². The van der Waals surface area contributed by atoms with Gasteiger partial charge >= 0.3 is 0 Å². The maximum absolute atomic E-state index is 6.35. The number of aryl methyl sites for hydroxylation is 1. The van der Waals surface area contributed by atoms with Crippen LogP contribution in [0.3, 0.4) is 0 Å². The molecule has 0 saturated heterocycles. The Balaban J connectivity index is 2.47. The molecule has 4 heteroatoms. The second-order valence-electron chi connectivity index (χ2n) is 4.96. The van der Waals surface area contributed by atoms with Gasteiger partial charge in [-0.15, -0.1) is 11.3 Å². The zero-order valence-corrected chi connectivity index (χ0v) is 14.3. The first-order valence-electron chi connectivity index (χ1n) is 6.78. The molecule has 1 unspecified atom stereocenters.